The first-order valence-electron chi connectivity index (χ1n) is 20.8. The van der Waals surface area contributed by atoms with Gasteiger partial charge in [-0.2, -0.15) is 9.13 Å². The van der Waals surface area contributed by atoms with E-state index in [2.05, 4.69) is 214 Å². The van der Waals surface area contributed by atoms with Crippen LogP contribution >= 0.6 is 0 Å². The van der Waals surface area contributed by atoms with Crippen molar-refractivity contribution in [2.45, 2.75) is 6.92 Å². The number of hydrogen-bond donors (Lipinski definition) is 0. The molecule has 0 spiro atoms. The molecule has 0 atom stereocenters. The second kappa shape index (κ2) is 15.7. The first-order valence-corrected chi connectivity index (χ1v) is 20.8. The Morgan fingerprint density at radius 3 is 1.94 bits per heavy atom. The van der Waals surface area contributed by atoms with Crippen LogP contribution < -0.4 is 9.30 Å². The van der Waals surface area contributed by atoms with Gasteiger partial charge < -0.3 is 4.74 Å². The Bertz CT molecular complexity index is 3380. The number of nitrogens with zero attached hydrogens (tertiary/aromatic N) is 5. The quantitative estimate of drug-likeness (QED) is 0.0829. The molecule has 0 bridgehead atoms. The summed E-state index contributed by atoms with van der Waals surface area (Å²) >= 11 is 0. The van der Waals surface area contributed by atoms with Crippen molar-refractivity contribution in [2.24, 2.45) is 4.99 Å². The number of benzene rings is 8. The van der Waals surface area contributed by atoms with Gasteiger partial charge in [-0.05, 0) is 101 Å². The van der Waals surface area contributed by atoms with E-state index in [1.165, 1.54) is 0 Å². The Labute approximate surface area is 359 Å². The van der Waals surface area contributed by atoms with Gasteiger partial charge in [-0.1, -0.05) is 121 Å². The lowest BCUT2D eigenvalue weighted by molar-refractivity contribution is -0.566. The Hall–Kier alpha value is -8.35. The summed E-state index contributed by atoms with van der Waals surface area (Å²) in [4.78, 5) is 9.18. The predicted molar refractivity (Wildman–Crippen MR) is 253 cm³/mol. The fraction of sp³-hybridized carbons (Fsp3) is 0.0179. The van der Waals surface area contributed by atoms with E-state index in [9.17, 15) is 0 Å². The largest absolute Gasteiger partial charge is 0.457 e. The van der Waals surface area contributed by atoms with Crippen molar-refractivity contribution in [1.82, 2.24) is 14.1 Å². The molecular weight excluding hydrogens is 759 g/mol. The number of pyridine rings is 1. The van der Waals surface area contributed by atoms with Gasteiger partial charge in [0.15, 0.2) is 11.0 Å². The number of aromatic nitrogens is 4. The number of fused-ring (bicyclic) bond motifs is 4. The second-order valence-electron chi connectivity index (χ2n) is 15.4. The van der Waals surface area contributed by atoms with Crippen molar-refractivity contribution in [1.29, 1.82) is 0 Å². The maximum Gasteiger partial charge on any atom is 0.255 e. The molecule has 3 aromatic heterocycles. The van der Waals surface area contributed by atoms with Crippen molar-refractivity contribution in [3.05, 3.63) is 224 Å². The third-order valence-electron chi connectivity index (χ3n) is 11.6. The normalized spacial score (nSPS) is 11.6. The first-order chi connectivity index (χ1) is 30.7. The fourth-order valence-corrected chi connectivity index (χ4v) is 8.64. The van der Waals surface area contributed by atoms with E-state index >= 15 is 0 Å². The van der Waals surface area contributed by atoms with Crippen LogP contribution in [0.3, 0.4) is 0 Å². The summed E-state index contributed by atoms with van der Waals surface area (Å²) in [5, 5.41) is 2.29. The van der Waals surface area contributed by atoms with Crippen molar-refractivity contribution in [3.63, 3.8) is 0 Å². The summed E-state index contributed by atoms with van der Waals surface area (Å²) < 4.78 is 13.5. The zero-order valence-corrected chi connectivity index (χ0v) is 34.0. The van der Waals surface area contributed by atoms with Crippen molar-refractivity contribution >= 4 is 44.9 Å². The molecule has 6 heteroatoms. The second-order valence-corrected chi connectivity index (χ2v) is 15.4. The third kappa shape index (κ3) is 6.70. The highest BCUT2D eigenvalue weighted by Gasteiger charge is 2.25. The van der Waals surface area contributed by atoms with Gasteiger partial charge in [0, 0.05) is 46.4 Å². The standard InChI is InChI=1S/C56H40N5O/c1-39-34-43(40-30-32-57-33-31-40)26-29-51(39)58-37-59-52-23-9-8-20-49(52)50-28-27-46(36-55(50)59)62-45-19-12-18-44(35-45)60-38-61(54-25-11-10-24-53(54)60)56-47(41-14-4-2-5-15-41)21-13-22-48(56)42-16-6-3-7-17-42/h2-38H,1H3/q+1. The highest BCUT2D eigenvalue weighted by atomic mass is 16.5. The molecule has 11 aromatic rings. The molecule has 0 saturated carbocycles. The molecule has 0 N–H and O–H groups in total. The molecule has 0 fully saturated rings. The van der Waals surface area contributed by atoms with Gasteiger partial charge in [0.2, 0.25) is 0 Å². The molecule has 294 valence electrons. The SMILES string of the molecule is Cc1cc(-c2ccncc2)ccc1N=Cn1c2ccccc2c2ccc(Oc3cccc(-n4c[n+](-c5c(-c6ccccc6)cccc5-c5ccccc5)c5ccccc54)c3)cc21. The van der Waals surface area contributed by atoms with Crippen LogP contribution in [0.5, 0.6) is 11.5 Å². The summed E-state index contributed by atoms with van der Waals surface area (Å²) in [5.74, 6) is 1.48. The van der Waals surface area contributed by atoms with Gasteiger partial charge in [0.1, 0.15) is 29.2 Å². The number of rotatable bonds is 9. The lowest BCUT2D eigenvalue weighted by Gasteiger charge is -2.13. The van der Waals surface area contributed by atoms with Crippen molar-refractivity contribution in [2.75, 3.05) is 0 Å². The molecular formula is C56H40N5O+. The van der Waals surface area contributed by atoms with E-state index in [0.29, 0.717) is 0 Å². The summed E-state index contributed by atoms with van der Waals surface area (Å²) in [6, 6.07) is 69.9. The van der Waals surface area contributed by atoms with Gasteiger partial charge in [-0.15, -0.1) is 0 Å². The number of imidazole rings is 1. The minimum atomic E-state index is 0.738. The lowest BCUT2D eigenvalue weighted by Crippen LogP contribution is -2.30. The van der Waals surface area contributed by atoms with E-state index in [1.807, 2.05) is 36.9 Å². The molecule has 0 radical (unpaired) electrons. The van der Waals surface area contributed by atoms with Crippen LogP contribution in [0, 0.1) is 6.92 Å². The summed E-state index contributed by atoms with van der Waals surface area (Å²) in [6.07, 6.45) is 7.77. The number of para-hydroxylation sites is 4. The van der Waals surface area contributed by atoms with E-state index in [1.54, 1.807) is 0 Å². The number of ether oxygens (including phenoxy) is 1. The predicted octanol–water partition coefficient (Wildman–Crippen LogP) is 13.7. The molecule has 0 amide bonds. The Morgan fingerprint density at radius 1 is 0.516 bits per heavy atom. The van der Waals surface area contributed by atoms with Crippen LogP contribution in [-0.2, 0) is 0 Å². The molecule has 8 aromatic carbocycles. The molecule has 62 heavy (non-hydrogen) atoms. The van der Waals surface area contributed by atoms with Gasteiger partial charge in [-0.3, -0.25) is 9.55 Å². The average molecular weight is 799 g/mol. The van der Waals surface area contributed by atoms with Crippen LogP contribution in [0.15, 0.2) is 224 Å². The lowest BCUT2D eigenvalue weighted by atomic mass is 9.95. The summed E-state index contributed by atoms with van der Waals surface area (Å²) in [6.45, 7) is 2.10. The monoisotopic (exact) mass is 798 g/mol. The molecule has 0 aliphatic rings. The maximum atomic E-state index is 6.71. The molecule has 11 rings (SSSR count). The van der Waals surface area contributed by atoms with Crippen LogP contribution in [-0.4, -0.2) is 20.5 Å². The van der Waals surface area contributed by atoms with Gasteiger partial charge >= 0.3 is 0 Å². The highest BCUT2D eigenvalue weighted by Crippen LogP contribution is 2.36. The zero-order chi connectivity index (χ0) is 41.4. The smallest absolute Gasteiger partial charge is 0.255 e. The number of aryl methyl sites for hydroxylation is 1. The van der Waals surface area contributed by atoms with Crippen LogP contribution in [0.1, 0.15) is 5.56 Å². The van der Waals surface area contributed by atoms with Crippen molar-refractivity contribution in [3.8, 4) is 56.3 Å². The average Bonchev–Trinajstić information content (AvgIpc) is 3.87. The third-order valence-corrected chi connectivity index (χ3v) is 11.6. The summed E-state index contributed by atoms with van der Waals surface area (Å²) in [5.41, 5.74) is 15.3. The van der Waals surface area contributed by atoms with Gasteiger partial charge in [0.05, 0.1) is 16.7 Å². The van der Waals surface area contributed by atoms with Gasteiger partial charge in [-0.25, -0.2) is 4.99 Å². The molecule has 0 saturated heterocycles. The Balaban J connectivity index is 0.970. The zero-order valence-electron chi connectivity index (χ0n) is 34.0. The van der Waals surface area contributed by atoms with Gasteiger partial charge in [0.25, 0.3) is 6.33 Å². The van der Waals surface area contributed by atoms with E-state index < -0.39 is 0 Å². The Kier molecular flexibility index (Phi) is 9.28. The van der Waals surface area contributed by atoms with Crippen molar-refractivity contribution < 1.29 is 9.30 Å². The van der Waals surface area contributed by atoms with Crippen LogP contribution in [0.4, 0.5) is 5.69 Å². The van der Waals surface area contributed by atoms with E-state index in [0.717, 1.165) is 100 Å². The molecule has 0 unspecified atom stereocenters. The maximum absolute atomic E-state index is 6.71. The van der Waals surface area contributed by atoms with Crippen LogP contribution in [0.25, 0.3) is 77.6 Å². The fourth-order valence-electron chi connectivity index (χ4n) is 8.64. The number of hydrogen-bond acceptors (Lipinski definition) is 3. The van der Waals surface area contributed by atoms with E-state index in [4.69, 9.17) is 9.73 Å². The molecule has 3 heterocycles. The minimum Gasteiger partial charge on any atom is -0.457 e. The Morgan fingerprint density at radius 2 is 1.18 bits per heavy atom. The first kappa shape index (κ1) is 36.7. The topological polar surface area (TPSA) is 48.2 Å². The number of aliphatic imine (C=N–C) groups is 1. The minimum absolute atomic E-state index is 0.738. The molecule has 0 aliphatic carbocycles. The highest BCUT2D eigenvalue weighted by molar-refractivity contribution is 6.11. The molecule has 0 aliphatic heterocycles. The molecule has 6 nitrogen and oxygen atoms in total. The van der Waals surface area contributed by atoms with Crippen LogP contribution in [0.2, 0.25) is 0 Å². The summed E-state index contributed by atoms with van der Waals surface area (Å²) in [7, 11) is 0. The van der Waals surface area contributed by atoms with E-state index in [-0.39, 0.29) is 0 Å².